The molecule has 8 nitrogen and oxygen atoms in total. The molecule has 8 heteroatoms. The van der Waals surface area contributed by atoms with Crippen LogP contribution in [0.5, 0.6) is 0 Å². The Bertz CT molecular complexity index is 763. The lowest BCUT2D eigenvalue weighted by Crippen LogP contribution is -2.44. The van der Waals surface area contributed by atoms with Gasteiger partial charge in [-0.15, -0.1) is 0 Å². The number of unbranched alkanes of at least 4 members (excludes halogenated alkanes) is 5. The summed E-state index contributed by atoms with van der Waals surface area (Å²) >= 11 is 0. The minimum atomic E-state index is -0.221. The van der Waals surface area contributed by atoms with E-state index in [1.54, 1.807) is 27.7 Å². The van der Waals surface area contributed by atoms with Gasteiger partial charge in [0.15, 0.2) is 0 Å². The summed E-state index contributed by atoms with van der Waals surface area (Å²) < 4.78 is 0. The summed E-state index contributed by atoms with van der Waals surface area (Å²) in [5.41, 5.74) is 1.73. The molecule has 0 radical (unpaired) electrons. The third kappa shape index (κ3) is 15.7. The predicted molar refractivity (Wildman–Crippen MR) is 146 cm³/mol. The smallest absolute Gasteiger partial charge is 0.246 e. The third-order valence-corrected chi connectivity index (χ3v) is 5.59. The molecule has 36 heavy (non-hydrogen) atoms. The number of rotatable bonds is 19. The minimum Gasteiger partial charge on any atom is -0.350 e. The normalized spacial score (nSPS) is 12.0. The highest BCUT2D eigenvalue weighted by atomic mass is 16.2. The van der Waals surface area contributed by atoms with Gasteiger partial charge in [0.1, 0.15) is 0 Å². The molecule has 2 atom stereocenters. The molecule has 202 valence electrons. The van der Waals surface area contributed by atoms with Crippen LogP contribution in [0.3, 0.4) is 0 Å². The zero-order valence-corrected chi connectivity index (χ0v) is 22.7. The van der Waals surface area contributed by atoms with E-state index in [2.05, 4.69) is 47.6 Å². The van der Waals surface area contributed by atoms with E-state index in [1.165, 1.54) is 0 Å². The van der Waals surface area contributed by atoms with E-state index in [9.17, 15) is 19.2 Å². The van der Waals surface area contributed by atoms with Crippen LogP contribution in [0.4, 0.5) is 0 Å². The second-order valence-electron chi connectivity index (χ2n) is 9.58. The lowest BCUT2D eigenvalue weighted by molar-refractivity contribution is -0.120. The summed E-state index contributed by atoms with van der Waals surface area (Å²) in [6, 6.07) is -0.325. The molecule has 0 saturated heterocycles. The van der Waals surface area contributed by atoms with E-state index < -0.39 is 0 Å². The zero-order valence-electron chi connectivity index (χ0n) is 22.7. The van der Waals surface area contributed by atoms with E-state index in [0.29, 0.717) is 35.4 Å². The van der Waals surface area contributed by atoms with Crippen LogP contribution < -0.4 is 21.3 Å². The van der Waals surface area contributed by atoms with Crippen molar-refractivity contribution in [2.75, 3.05) is 13.1 Å². The Morgan fingerprint density at radius 3 is 1.06 bits per heavy atom. The van der Waals surface area contributed by atoms with Crippen molar-refractivity contribution in [1.82, 2.24) is 21.3 Å². The molecule has 0 aliphatic rings. The molecule has 4 N–H and O–H groups in total. The Hall–Kier alpha value is -3.16. The van der Waals surface area contributed by atoms with E-state index in [4.69, 9.17) is 0 Å². The molecule has 0 aromatic heterocycles. The average molecular weight is 503 g/mol. The highest BCUT2D eigenvalue weighted by Gasteiger charge is 2.15. The van der Waals surface area contributed by atoms with Gasteiger partial charge in [-0.25, -0.2) is 0 Å². The van der Waals surface area contributed by atoms with Crippen LogP contribution in [0.25, 0.3) is 0 Å². The molecule has 0 rings (SSSR count). The summed E-state index contributed by atoms with van der Waals surface area (Å²) in [7, 11) is 0. The van der Waals surface area contributed by atoms with Gasteiger partial charge in [-0.2, -0.15) is 0 Å². The van der Waals surface area contributed by atoms with Crippen LogP contribution in [-0.2, 0) is 19.2 Å². The second kappa shape index (κ2) is 18.2. The van der Waals surface area contributed by atoms with Crippen molar-refractivity contribution in [2.24, 2.45) is 0 Å². The first-order chi connectivity index (χ1) is 16.8. The van der Waals surface area contributed by atoms with Crippen molar-refractivity contribution in [2.45, 2.75) is 91.1 Å². The summed E-state index contributed by atoms with van der Waals surface area (Å²) in [6.07, 6.45) is 7.49. The summed E-state index contributed by atoms with van der Waals surface area (Å²) in [5.74, 6) is -0.863. The minimum absolute atomic E-state index is 0.162. The largest absolute Gasteiger partial charge is 0.350 e. The quantitative estimate of drug-likeness (QED) is 0.159. The summed E-state index contributed by atoms with van der Waals surface area (Å²) in [5, 5.41) is 11.5. The monoisotopic (exact) mass is 502 g/mol. The number of nitrogens with one attached hydrogen (secondary N) is 4. The van der Waals surface area contributed by atoms with E-state index in [0.717, 1.165) is 51.4 Å². The average Bonchev–Trinajstić information content (AvgIpc) is 2.80. The molecule has 0 bridgehead atoms. The predicted octanol–water partition coefficient (Wildman–Crippen LogP) is 3.61. The first-order valence-electron chi connectivity index (χ1n) is 12.6. The van der Waals surface area contributed by atoms with Gasteiger partial charge in [0, 0.05) is 47.5 Å². The highest BCUT2D eigenvalue weighted by molar-refractivity contribution is 5.94. The lowest BCUT2D eigenvalue weighted by atomic mass is 10.0. The van der Waals surface area contributed by atoms with Gasteiger partial charge in [0.2, 0.25) is 23.6 Å². The number of carbonyl (C=O) groups excluding carboxylic acids is 4. The Morgan fingerprint density at radius 1 is 0.500 bits per heavy atom. The van der Waals surface area contributed by atoms with Crippen LogP contribution in [0.2, 0.25) is 0 Å². The molecule has 0 aromatic rings. The first-order valence-corrected chi connectivity index (χ1v) is 12.6. The second-order valence-corrected chi connectivity index (χ2v) is 9.58. The van der Waals surface area contributed by atoms with Crippen LogP contribution in [0, 0.1) is 0 Å². The van der Waals surface area contributed by atoms with Crippen molar-refractivity contribution in [3.63, 3.8) is 0 Å². The van der Waals surface area contributed by atoms with Gasteiger partial charge in [-0.3, -0.25) is 19.2 Å². The SMILES string of the molecule is C=C(C)C(=O)NCC(CCCCCCCCC(CNC(=O)C(=C)C)NC(=O)C(=C)C)NC(=O)C(=C)C. The van der Waals surface area contributed by atoms with E-state index in [1.807, 2.05) is 0 Å². The van der Waals surface area contributed by atoms with E-state index >= 15 is 0 Å². The molecular formula is C28H46N4O4. The van der Waals surface area contributed by atoms with Crippen LogP contribution >= 0.6 is 0 Å². The molecule has 0 aromatic carbocycles. The number of hydrogen-bond donors (Lipinski definition) is 4. The van der Waals surface area contributed by atoms with Crippen molar-refractivity contribution >= 4 is 23.6 Å². The van der Waals surface area contributed by atoms with Gasteiger partial charge in [0.05, 0.1) is 0 Å². The van der Waals surface area contributed by atoms with Crippen LogP contribution in [-0.4, -0.2) is 48.8 Å². The third-order valence-electron chi connectivity index (χ3n) is 5.59. The molecule has 0 spiro atoms. The summed E-state index contributed by atoms with van der Waals surface area (Å²) in [4.78, 5) is 47.6. The Balaban J connectivity index is 4.40. The van der Waals surface area contributed by atoms with Crippen molar-refractivity contribution in [3.05, 3.63) is 48.6 Å². The van der Waals surface area contributed by atoms with Crippen molar-refractivity contribution < 1.29 is 19.2 Å². The molecule has 0 saturated carbocycles. The fourth-order valence-electron chi connectivity index (χ4n) is 3.29. The molecular weight excluding hydrogens is 456 g/mol. The maximum Gasteiger partial charge on any atom is 0.246 e. The number of carbonyl (C=O) groups is 4. The molecule has 0 fully saturated rings. The van der Waals surface area contributed by atoms with Gasteiger partial charge in [-0.05, 0) is 40.5 Å². The molecule has 4 amide bonds. The molecule has 2 unspecified atom stereocenters. The van der Waals surface area contributed by atoms with Gasteiger partial charge in [-0.1, -0.05) is 64.8 Å². The molecule has 0 aliphatic carbocycles. The fourth-order valence-corrected chi connectivity index (χ4v) is 3.29. The zero-order chi connectivity index (χ0) is 27.7. The fraction of sp³-hybridized carbons (Fsp3) is 0.571. The maximum absolute atomic E-state index is 12.0. The standard InChI is InChI=1S/C28H46N4O4/c1-19(2)25(33)29-17-23(31-27(35)21(5)6)15-13-11-9-10-12-14-16-24(32-28(36)22(7)8)18-30-26(34)20(3)4/h23-24H,1,3,5,7,9-18H2,2,4,6,8H3,(H,29,33)(H,30,34)(H,31,35)(H,32,36). The topological polar surface area (TPSA) is 116 Å². The van der Waals surface area contributed by atoms with Gasteiger partial charge in [0.25, 0.3) is 0 Å². The van der Waals surface area contributed by atoms with Crippen molar-refractivity contribution in [1.29, 1.82) is 0 Å². The van der Waals surface area contributed by atoms with Gasteiger partial charge >= 0.3 is 0 Å². The van der Waals surface area contributed by atoms with Crippen LogP contribution in [0.15, 0.2) is 48.6 Å². The first kappa shape index (κ1) is 32.8. The van der Waals surface area contributed by atoms with E-state index in [-0.39, 0.29) is 35.7 Å². The highest BCUT2D eigenvalue weighted by Crippen LogP contribution is 2.12. The number of amides is 4. The Morgan fingerprint density at radius 2 is 0.778 bits per heavy atom. The lowest BCUT2D eigenvalue weighted by Gasteiger charge is -2.20. The maximum atomic E-state index is 12.0. The molecule has 0 aliphatic heterocycles. The Kier molecular flexibility index (Phi) is 16.6. The van der Waals surface area contributed by atoms with Crippen molar-refractivity contribution in [3.8, 4) is 0 Å². The van der Waals surface area contributed by atoms with Crippen LogP contribution in [0.1, 0.15) is 79.1 Å². The Labute approximate surface area is 217 Å². The number of hydrogen-bond acceptors (Lipinski definition) is 4. The summed E-state index contributed by atoms with van der Waals surface area (Å²) in [6.45, 7) is 21.9. The van der Waals surface area contributed by atoms with Gasteiger partial charge < -0.3 is 21.3 Å². The molecule has 0 heterocycles.